The molecule has 118 heavy (non-hydrogen) atoms. The molecule has 3 atom stereocenters. The lowest BCUT2D eigenvalue weighted by atomic mass is 9.83. The number of aliphatic carboxylic acids is 1. The summed E-state index contributed by atoms with van der Waals surface area (Å²) in [6.07, 6.45) is -0.938. The van der Waals surface area contributed by atoms with E-state index < -0.39 is 78.4 Å². The van der Waals surface area contributed by atoms with Gasteiger partial charge in [-0.1, -0.05) is 106 Å². The number of halogens is 6. The van der Waals surface area contributed by atoms with Crippen LogP contribution in [0.15, 0.2) is 124 Å². The fourth-order valence-corrected chi connectivity index (χ4v) is 19.2. The van der Waals surface area contributed by atoms with Gasteiger partial charge in [0.25, 0.3) is 0 Å². The summed E-state index contributed by atoms with van der Waals surface area (Å²) < 4.78 is 127. The molecular weight excluding hydrogens is 1710 g/mol. The van der Waals surface area contributed by atoms with Crippen LogP contribution in [0.25, 0.3) is 0 Å². The monoisotopic (exact) mass is 1810 g/mol. The fourth-order valence-electron chi connectivity index (χ4n) is 14.3. The second-order valence-corrected chi connectivity index (χ2v) is 36.8. The van der Waals surface area contributed by atoms with Crippen molar-refractivity contribution >= 4 is 129 Å². The Morgan fingerprint density at radius 1 is 0.390 bits per heavy atom. The molecule has 0 aliphatic carbocycles. The Hall–Kier alpha value is -6.26. The Morgan fingerprint density at radius 3 is 0.966 bits per heavy atom. The first-order valence-electron chi connectivity index (χ1n) is 38.5. The lowest BCUT2D eigenvalue weighted by Crippen LogP contribution is -2.51. The Morgan fingerprint density at radius 2 is 0.678 bits per heavy atom. The Bertz CT molecular complexity index is 4340. The van der Waals surface area contributed by atoms with E-state index in [2.05, 4.69) is 50.1 Å². The topological polar surface area (TPSA) is 367 Å². The summed E-state index contributed by atoms with van der Waals surface area (Å²) in [5.74, 6) is -4.01. The standard InChI is InChI=1S/C80H102Cl6N10O19S3/c1-94-46-66(63-40-57(81)43-72(84)69(63)49-94)54-7-4-10-60(37-54)116(103,104)90-22-28-112-34-31-109-25-19-87-75(97)13-16-80(93-78(100)52-115-53-79(101)102,17-14-76(98)88-20-26-110-32-35-113-29-23-91-117(105,106)61-11-5-8-55(38-61)67-47-95(2)50-70-64(67)41-58(82)44-73(70)85)18-15-77(99)89-21-27-111-33-36-114-30-24-92-118(107,108)62-12-6-9-56(39-62)68-48-96(3)51-71-65(68)42-59(83)45-74(71)86/h4-12,37-45,66-68,90-92H,13-36,46-53H2,1-3H3,(H,87,97)(H,88,98)(H,89,99)(H,93,100)(H,101,102)/t66-,67-,68-/m0/s1. The van der Waals surface area contributed by atoms with Gasteiger partial charge in [-0.3, -0.25) is 19.2 Å². The molecule has 3 aliphatic rings. The zero-order valence-electron chi connectivity index (χ0n) is 65.9. The molecule has 0 bridgehead atoms. The fraction of sp³-hybridized carbons (Fsp3) is 0.487. The van der Waals surface area contributed by atoms with Gasteiger partial charge in [0.1, 0.15) is 13.2 Å². The molecule has 6 aromatic rings. The van der Waals surface area contributed by atoms with Gasteiger partial charge < -0.3 is 74.2 Å². The van der Waals surface area contributed by atoms with Crippen molar-refractivity contribution in [3.63, 3.8) is 0 Å². The van der Waals surface area contributed by atoms with Gasteiger partial charge in [0.2, 0.25) is 53.7 Å². The van der Waals surface area contributed by atoms with Crippen molar-refractivity contribution in [1.82, 2.24) is 50.1 Å². The number of hydrogen-bond donors (Lipinski definition) is 8. The summed E-state index contributed by atoms with van der Waals surface area (Å²) in [5, 5.41) is 23.5. The van der Waals surface area contributed by atoms with Gasteiger partial charge in [-0.2, -0.15) is 0 Å². The number of nitrogens with one attached hydrogen (secondary N) is 7. The lowest BCUT2D eigenvalue weighted by molar-refractivity contribution is -0.144. The number of rotatable bonds is 50. The molecule has 0 saturated heterocycles. The van der Waals surface area contributed by atoms with Crippen LogP contribution in [-0.2, 0) is 107 Å². The molecule has 0 spiro atoms. The maximum atomic E-state index is 13.6. The zero-order chi connectivity index (χ0) is 85.0. The maximum Gasteiger partial charge on any atom is 0.329 e. The molecule has 3 aliphatic heterocycles. The molecule has 0 saturated carbocycles. The van der Waals surface area contributed by atoms with E-state index >= 15 is 0 Å². The number of fused-ring (bicyclic) bond motifs is 3. The van der Waals surface area contributed by atoms with E-state index in [9.17, 15) is 54.3 Å². The number of ether oxygens (including phenoxy) is 7. The first kappa shape index (κ1) is 95.6. The molecular formula is C80H102Cl6N10O19S3. The van der Waals surface area contributed by atoms with Crippen molar-refractivity contribution in [2.75, 3.05) is 173 Å². The molecule has 3 heterocycles. The molecule has 9 rings (SSSR count). The van der Waals surface area contributed by atoms with Crippen molar-refractivity contribution < 1.29 is 87.5 Å². The minimum absolute atomic E-state index is 0.0280. The van der Waals surface area contributed by atoms with Crippen molar-refractivity contribution in [3.05, 3.63) is 189 Å². The van der Waals surface area contributed by atoms with Crippen LogP contribution in [0.5, 0.6) is 0 Å². The van der Waals surface area contributed by atoms with E-state index in [-0.39, 0.29) is 190 Å². The Labute approximate surface area is 719 Å². The van der Waals surface area contributed by atoms with Crippen LogP contribution in [0, 0.1) is 0 Å². The molecule has 8 N–H and O–H groups in total. The Balaban J connectivity index is 0.709. The molecule has 0 aromatic heterocycles. The van der Waals surface area contributed by atoms with Gasteiger partial charge in [-0.05, 0) is 163 Å². The van der Waals surface area contributed by atoms with Gasteiger partial charge in [0.15, 0.2) is 0 Å². The van der Waals surface area contributed by atoms with Crippen LogP contribution >= 0.6 is 69.6 Å². The van der Waals surface area contributed by atoms with Crippen molar-refractivity contribution in [1.29, 1.82) is 0 Å². The smallest absolute Gasteiger partial charge is 0.329 e. The summed E-state index contributed by atoms with van der Waals surface area (Å²) in [7, 11) is -5.87. The number of carbonyl (C=O) groups is 5. The van der Waals surface area contributed by atoms with E-state index in [1.807, 2.05) is 57.5 Å². The van der Waals surface area contributed by atoms with Crippen LogP contribution in [-0.4, -0.2) is 253 Å². The van der Waals surface area contributed by atoms with E-state index in [1.54, 1.807) is 54.6 Å². The number of hydrogen-bond acceptors (Lipinski definition) is 21. The van der Waals surface area contributed by atoms with Crippen LogP contribution in [0.2, 0.25) is 30.1 Å². The first-order valence-corrected chi connectivity index (χ1v) is 45.2. The predicted octanol–water partition coefficient (Wildman–Crippen LogP) is 8.32. The van der Waals surface area contributed by atoms with Crippen molar-refractivity contribution in [2.45, 2.75) is 96.1 Å². The van der Waals surface area contributed by atoms with Gasteiger partial charge in [-0.25, -0.2) is 44.2 Å². The minimum atomic E-state index is -3.93. The number of carboxylic acid groups (broad SMARTS) is 1. The highest BCUT2D eigenvalue weighted by molar-refractivity contribution is 7.90. The SMILES string of the molecule is CN1Cc2c(Cl)cc(Cl)cc2[C@H](c2cccc(S(=O)(=O)NCCOCCOCCNC(=O)CCC(CCC(=O)NCCOCCOCCNS(=O)(=O)c3cccc([C@@H]4CN(C)Cc5c(Cl)cc(Cl)cc54)c3)(CCC(=O)NCCOCCOCCNS(=O)(=O)c3cccc([C@@H]4CN(C)Cc5c(Cl)cc(Cl)cc54)c3)NC(=O)COCC(=O)O)c2)C1. The van der Waals surface area contributed by atoms with Crippen LogP contribution in [0.1, 0.15) is 106 Å². The van der Waals surface area contributed by atoms with Gasteiger partial charge in [0.05, 0.1) is 94.0 Å². The highest BCUT2D eigenvalue weighted by atomic mass is 35.5. The van der Waals surface area contributed by atoms with Crippen molar-refractivity contribution in [3.8, 4) is 0 Å². The predicted molar refractivity (Wildman–Crippen MR) is 450 cm³/mol. The van der Waals surface area contributed by atoms with Gasteiger partial charge in [-0.15, -0.1) is 0 Å². The number of carboxylic acids is 1. The number of benzene rings is 6. The molecule has 0 unspecified atom stereocenters. The highest BCUT2D eigenvalue weighted by Gasteiger charge is 2.36. The number of sulfonamides is 3. The molecule has 29 nitrogen and oxygen atoms in total. The molecule has 646 valence electrons. The summed E-state index contributed by atoms with van der Waals surface area (Å²) in [6, 6.07) is 30.9. The average molecular weight is 1820 g/mol. The van der Waals surface area contributed by atoms with E-state index in [4.69, 9.17) is 103 Å². The second kappa shape index (κ2) is 46.8. The largest absolute Gasteiger partial charge is 0.480 e. The molecule has 4 amide bonds. The summed E-state index contributed by atoms with van der Waals surface area (Å²) in [4.78, 5) is 72.2. The van der Waals surface area contributed by atoms with Crippen LogP contribution < -0.4 is 35.4 Å². The third-order valence-corrected chi connectivity index (χ3v) is 26.0. The second-order valence-electron chi connectivity index (χ2n) is 29.0. The van der Waals surface area contributed by atoms with Crippen molar-refractivity contribution in [2.24, 2.45) is 0 Å². The molecule has 38 heteroatoms. The third-order valence-electron chi connectivity index (χ3n) is 20.0. The minimum Gasteiger partial charge on any atom is -0.480 e. The summed E-state index contributed by atoms with van der Waals surface area (Å²) >= 11 is 38.9. The Kier molecular flexibility index (Phi) is 37.9. The number of nitrogens with zero attached hydrogens (tertiary/aromatic N) is 3. The average Bonchev–Trinajstić information content (AvgIpc) is 0.780. The van der Waals surface area contributed by atoms with E-state index in [1.165, 1.54) is 18.2 Å². The first-order chi connectivity index (χ1) is 56.4. The number of likely N-dealkylation sites (N-methyl/N-ethyl adjacent to an activating group) is 3. The normalized spacial score (nSPS) is 16.1. The van der Waals surface area contributed by atoms with Crippen LogP contribution in [0.4, 0.5) is 0 Å². The molecule has 0 radical (unpaired) electrons. The van der Waals surface area contributed by atoms with E-state index in [0.717, 1.165) is 50.1 Å². The van der Waals surface area contributed by atoms with E-state index in [0.29, 0.717) is 69.4 Å². The van der Waals surface area contributed by atoms with Gasteiger partial charge >= 0.3 is 5.97 Å². The van der Waals surface area contributed by atoms with Crippen LogP contribution in [0.3, 0.4) is 0 Å². The zero-order valence-corrected chi connectivity index (χ0v) is 72.9. The van der Waals surface area contributed by atoms with Gasteiger partial charge in [0, 0.05) is 151 Å². The lowest BCUT2D eigenvalue weighted by Gasteiger charge is -2.35. The maximum absolute atomic E-state index is 13.6. The highest BCUT2D eigenvalue weighted by Crippen LogP contribution is 2.42. The summed E-state index contributed by atoms with van der Waals surface area (Å²) in [5.41, 5.74) is 6.61. The number of carbonyl (C=O) groups excluding carboxylic acids is 4. The number of amides is 4. The third kappa shape index (κ3) is 29.8. The molecule has 0 fully saturated rings. The molecule has 6 aromatic carbocycles. The summed E-state index contributed by atoms with van der Waals surface area (Å²) in [6.45, 7) is 3.24. The quantitative estimate of drug-likeness (QED) is 0.0166.